The molecule has 2 atom stereocenters. The van der Waals surface area contributed by atoms with Crippen LogP contribution in [0.25, 0.3) is 0 Å². The molecule has 1 aromatic heterocycles. The summed E-state index contributed by atoms with van der Waals surface area (Å²) in [5.74, 6) is 2.18. The van der Waals surface area contributed by atoms with Crippen LogP contribution in [0.2, 0.25) is 0 Å². The fourth-order valence-corrected chi connectivity index (χ4v) is 5.18. The smallest absolute Gasteiger partial charge is 0.225 e. The lowest BCUT2D eigenvalue weighted by Gasteiger charge is -2.34. The van der Waals surface area contributed by atoms with E-state index in [0.717, 1.165) is 52.2 Å². The van der Waals surface area contributed by atoms with Crippen molar-refractivity contribution in [1.29, 1.82) is 0 Å². The number of nitrogens with one attached hydrogen (secondary N) is 1. The number of benzene rings is 2. The van der Waals surface area contributed by atoms with Crippen LogP contribution in [0.5, 0.6) is 11.5 Å². The lowest BCUT2D eigenvalue weighted by atomic mass is 9.96. The molecule has 1 aliphatic rings. The minimum absolute atomic E-state index is 0.0312. The van der Waals surface area contributed by atoms with E-state index in [4.69, 9.17) is 9.47 Å². The number of rotatable bonds is 8. The first kappa shape index (κ1) is 24.9. The molecule has 4 rings (SSSR count). The fourth-order valence-electron chi connectivity index (χ4n) is 4.30. The van der Waals surface area contributed by atoms with Crippen molar-refractivity contribution < 1.29 is 14.3 Å². The van der Waals surface area contributed by atoms with Gasteiger partial charge in [-0.15, -0.1) is 0 Å². The summed E-state index contributed by atoms with van der Waals surface area (Å²) in [5, 5.41) is 4.03. The Morgan fingerprint density at radius 1 is 1.11 bits per heavy atom. The van der Waals surface area contributed by atoms with Gasteiger partial charge in [-0.1, -0.05) is 29.5 Å². The molecule has 2 heterocycles. The zero-order valence-corrected chi connectivity index (χ0v) is 21.5. The number of piperidine rings is 1. The Labute approximate surface area is 211 Å². The van der Waals surface area contributed by atoms with Gasteiger partial charge in [0, 0.05) is 35.9 Å². The topological polar surface area (TPSA) is 76.6 Å². The van der Waals surface area contributed by atoms with E-state index < -0.39 is 0 Å². The molecule has 1 fully saturated rings. The molecule has 1 saturated heterocycles. The number of hydrogen-bond donors (Lipinski definition) is 1. The average molecular weight is 493 g/mol. The second kappa shape index (κ2) is 11.4. The van der Waals surface area contributed by atoms with E-state index in [1.54, 1.807) is 38.4 Å². The number of amides is 1. The molecule has 2 aromatic carbocycles. The number of methoxy groups -OCH3 is 2. The summed E-state index contributed by atoms with van der Waals surface area (Å²) >= 11 is 1.60. The van der Waals surface area contributed by atoms with E-state index in [9.17, 15) is 4.79 Å². The van der Waals surface area contributed by atoms with Crippen LogP contribution in [-0.2, 0) is 4.79 Å². The van der Waals surface area contributed by atoms with Crippen molar-refractivity contribution in [2.24, 2.45) is 5.92 Å². The number of aromatic nitrogens is 2. The highest BCUT2D eigenvalue weighted by Crippen LogP contribution is 2.34. The maximum atomic E-state index is 13.3. The minimum atomic E-state index is -0.216. The van der Waals surface area contributed by atoms with Gasteiger partial charge in [0.25, 0.3) is 0 Å². The van der Waals surface area contributed by atoms with Crippen LogP contribution >= 0.6 is 11.8 Å². The van der Waals surface area contributed by atoms with Crippen molar-refractivity contribution in [3.05, 3.63) is 66.0 Å². The molecule has 0 bridgehead atoms. The Morgan fingerprint density at radius 3 is 2.63 bits per heavy atom. The number of carbonyl (C=O) groups excluding carboxylic acids is 1. The first-order chi connectivity index (χ1) is 17.0. The predicted octanol–water partition coefficient (Wildman–Crippen LogP) is 5.05. The van der Waals surface area contributed by atoms with E-state index >= 15 is 0 Å². The normalized spacial score (nSPS) is 16.5. The van der Waals surface area contributed by atoms with Gasteiger partial charge in [0.15, 0.2) is 5.82 Å². The maximum Gasteiger partial charge on any atom is 0.225 e. The second-order valence-corrected chi connectivity index (χ2v) is 9.79. The zero-order valence-electron chi connectivity index (χ0n) is 20.7. The van der Waals surface area contributed by atoms with E-state index in [1.807, 2.05) is 25.1 Å². The van der Waals surface area contributed by atoms with Crippen molar-refractivity contribution in [2.75, 3.05) is 32.2 Å². The zero-order chi connectivity index (χ0) is 24.8. The van der Waals surface area contributed by atoms with Crippen molar-refractivity contribution >= 4 is 23.5 Å². The molecule has 184 valence electrons. The molecule has 1 amide bonds. The third-order valence-electron chi connectivity index (χ3n) is 6.24. The van der Waals surface area contributed by atoms with Crippen LogP contribution in [0.3, 0.4) is 0 Å². The molecule has 8 heteroatoms. The highest BCUT2D eigenvalue weighted by molar-refractivity contribution is 7.99. The third kappa shape index (κ3) is 6.06. The van der Waals surface area contributed by atoms with E-state index in [1.165, 1.54) is 5.56 Å². The summed E-state index contributed by atoms with van der Waals surface area (Å²) in [7, 11) is 3.26. The molecule has 7 nitrogen and oxygen atoms in total. The van der Waals surface area contributed by atoms with Gasteiger partial charge in [-0.25, -0.2) is 9.97 Å². The van der Waals surface area contributed by atoms with Gasteiger partial charge in [0.1, 0.15) is 16.5 Å². The minimum Gasteiger partial charge on any atom is -0.497 e. The van der Waals surface area contributed by atoms with Crippen LogP contribution < -0.4 is 19.7 Å². The monoisotopic (exact) mass is 492 g/mol. The first-order valence-electron chi connectivity index (χ1n) is 11.8. The summed E-state index contributed by atoms with van der Waals surface area (Å²) in [6.45, 7) is 5.50. The standard InChI is InChI=1S/C27H32N4O3S/c1-18-7-10-22(11-8-18)35-27-25(28-13-14-29-27)31-15-5-6-20(17-31)26(32)30-19(2)23-16-21(33-3)9-12-24(23)34-4/h7-14,16,19-20H,5-6,15,17H2,1-4H3,(H,30,32). The van der Waals surface area contributed by atoms with Crippen LogP contribution in [0.1, 0.15) is 36.9 Å². The van der Waals surface area contributed by atoms with Gasteiger partial charge in [0.2, 0.25) is 5.91 Å². The summed E-state index contributed by atoms with van der Waals surface area (Å²) < 4.78 is 10.9. The molecule has 0 radical (unpaired) electrons. The van der Waals surface area contributed by atoms with Crippen LogP contribution in [0.4, 0.5) is 5.82 Å². The number of nitrogens with zero attached hydrogens (tertiary/aromatic N) is 3. The van der Waals surface area contributed by atoms with Gasteiger partial charge < -0.3 is 19.7 Å². The number of carbonyl (C=O) groups is 1. The van der Waals surface area contributed by atoms with Crippen LogP contribution in [0.15, 0.2) is 64.8 Å². The molecule has 3 aromatic rings. The quantitative estimate of drug-likeness (QED) is 0.472. The van der Waals surface area contributed by atoms with Crippen LogP contribution in [0, 0.1) is 12.8 Å². The van der Waals surface area contributed by atoms with Gasteiger partial charge in [-0.2, -0.15) is 0 Å². The molecule has 0 aliphatic carbocycles. The molecule has 0 spiro atoms. The number of anilines is 1. The lowest BCUT2D eigenvalue weighted by Crippen LogP contribution is -2.44. The third-order valence-corrected chi connectivity index (χ3v) is 7.23. The summed E-state index contributed by atoms with van der Waals surface area (Å²) in [6.07, 6.45) is 5.19. The Bertz CT molecular complexity index is 1160. The largest absolute Gasteiger partial charge is 0.497 e. The maximum absolute atomic E-state index is 13.3. The molecule has 35 heavy (non-hydrogen) atoms. The fraction of sp³-hybridized carbons (Fsp3) is 0.370. The SMILES string of the molecule is COc1ccc(OC)c(C(C)NC(=O)C2CCCN(c3nccnc3Sc3ccc(C)cc3)C2)c1. The molecule has 1 N–H and O–H groups in total. The van der Waals surface area contributed by atoms with Gasteiger partial charge >= 0.3 is 0 Å². The summed E-state index contributed by atoms with van der Waals surface area (Å²) in [6, 6.07) is 13.8. The van der Waals surface area contributed by atoms with Crippen LogP contribution in [-0.4, -0.2) is 43.2 Å². The van der Waals surface area contributed by atoms with Gasteiger partial charge in [-0.3, -0.25) is 4.79 Å². The highest BCUT2D eigenvalue weighted by atomic mass is 32.2. The Balaban J connectivity index is 1.46. The molecule has 2 unspecified atom stereocenters. The Hall–Kier alpha value is -3.26. The average Bonchev–Trinajstić information content (AvgIpc) is 2.90. The Kier molecular flexibility index (Phi) is 8.13. The number of ether oxygens (including phenoxy) is 2. The van der Waals surface area contributed by atoms with E-state index in [-0.39, 0.29) is 17.9 Å². The van der Waals surface area contributed by atoms with Crippen molar-refractivity contribution in [2.45, 2.75) is 42.7 Å². The van der Waals surface area contributed by atoms with Crippen molar-refractivity contribution in [3.63, 3.8) is 0 Å². The Morgan fingerprint density at radius 2 is 1.89 bits per heavy atom. The molecular weight excluding hydrogens is 460 g/mol. The van der Waals surface area contributed by atoms with Gasteiger partial charge in [0.05, 0.1) is 26.2 Å². The van der Waals surface area contributed by atoms with Crippen molar-refractivity contribution in [1.82, 2.24) is 15.3 Å². The van der Waals surface area contributed by atoms with E-state index in [2.05, 4.69) is 51.4 Å². The second-order valence-electron chi connectivity index (χ2n) is 8.72. The summed E-state index contributed by atoms with van der Waals surface area (Å²) in [4.78, 5) is 25.8. The predicted molar refractivity (Wildman–Crippen MR) is 138 cm³/mol. The van der Waals surface area contributed by atoms with Gasteiger partial charge in [-0.05, 0) is 57.0 Å². The molecule has 0 saturated carbocycles. The molecule has 1 aliphatic heterocycles. The lowest BCUT2D eigenvalue weighted by molar-refractivity contribution is -0.125. The number of aryl methyl sites for hydroxylation is 1. The van der Waals surface area contributed by atoms with E-state index in [0.29, 0.717) is 6.54 Å². The molecular formula is C27H32N4O3S. The first-order valence-corrected chi connectivity index (χ1v) is 12.6. The van der Waals surface area contributed by atoms with Crippen molar-refractivity contribution in [3.8, 4) is 11.5 Å². The summed E-state index contributed by atoms with van der Waals surface area (Å²) in [5.41, 5.74) is 2.11. The number of hydrogen-bond acceptors (Lipinski definition) is 7. The highest BCUT2D eigenvalue weighted by Gasteiger charge is 2.29.